The zero-order valence-electron chi connectivity index (χ0n) is 6.11. The molecule has 2 aromatic rings. The van der Waals surface area contributed by atoms with Crippen molar-refractivity contribution in [3.05, 3.63) is 17.5 Å². The molecule has 0 fully saturated rings. The van der Waals surface area contributed by atoms with Crippen LogP contribution in [0.2, 0.25) is 0 Å². The highest BCUT2D eigenvalue weighted by Gasteiger charge is 2.07. The number of rotatable bonds is 0. The van der Waals surface area contributed by atoms with Crippen molar-refractivity contribution < 1.29 is 5.11 Å². The van der Waals surface area contributed by atoms with Gasteiger partial charge in [-0.2, -0.15) is 0 Å². The molecule has 4 heteroatoms. The Labute approximate surface area is 79.0 Å². The third-order valence-corrected chi connectivity index (χ3v) is 3.03. The number of aromatic hydroxyl groups is 1. The van der Waals surface area contributed by atoms with Crippen molar-refractivity contribution in [2.45, 2.75) is 4.90 Å². The normalized spacial score (nSPS) is 10.8. The van der Waals surface area contributed by atoms with Gasteiger partial charge in [0.1, 0.15) is 0 Å². The monoisotopic (exact) mass is 197 g/mol. The van der Waals surface area contributed by atoms with Crippen molar-refractivity contribution in [1.82, 2.24) is 0 Å². The van der Waals surface area contributed by atoms with Crippen LogP contribution in [0, 0.1) is 0 Å². The summed E-state index contributed by atoms with van der Waals surface area (Å²) in [6, 6.07) is 3.76. The zero-order chi connectivity index (χ0) is 8.72. The van der Waals surface area contributed by atoms with Gasteiger partial charge in [-0.3, -0.25) is 0 Å². The molecule has 1 aromatic heterocycles. The third kappa shape index (κ3) is 0.956. The maximum atomic E-state index is 9.43. The van der Waals surface area contributed by atoms with E-state index in [0.717, 1.165) is 10.1 Å². The number of phenolic OH excluding ortho intramolecular Hbond substituents is 1. The van der Waals surface area contributed by atoms with Crippen LogP contribution in [0.4, 0.5) is 5.69 Å². The highest BCUT2D eigenvalue weighted by Crippen LogP contribution is 2.38. The lowest BCUT2D eigenvalue weighted by molar-refractivity contribution is 0.466. The molecule has 1 heterocycles. The molecule has 0 amide bonds. The number of thiol groups is 1. The molecule has 0 aliphatic carbocycles. The first-order valence-electron chi connectivity index (χ1n) is 3.38. The summed E-state index contributed by atoms with van der Waals surface area (Å²) in [5.41, 5.74) is 6.10. The van der Waals surface area contributed by atoms with E-state index in [1.54, 1.807) is 6.07 Å². The van der Waals surface area contributed by atoms with Gasteiger partial charge in [0.2, 0.25) is 0 Å². The van der Waals surface area contributed by atoms with E-state index in [9.17, 15) is 5.11 Å². The number of benzene rings is 1. The van der Waals surface area contributed by atoms with Crippen LogP contribution in [0.3, 0.4) is 0 Å². The molecule has 0 aliphatic rings. The number of fused-ring (bicyclic) bond motifs is 1. The Bertz CT molecular complexity index is 436. The SMILES string of the molecule is Nc1c(O)c(S)cc2ccsc12. The molecule has 12 heavy (non-hydrogen) atoms. The van der Waals surface area contributed by atoms with E-state index in [0.29, 0.717) is 10.6 Å². The highest BCUT2D eigenvalue weighted by molar-refractivity contribution is 7.80. The summed E-state index contributed by atoms with van der Waals surface area (Å²) in [6.07, 6.45) is 0. The van der Waals surface area contributed by atoms with Gasteiger partial charge >= 0.3 is 0 Å². The second-order valence-corrected chi connectivity index (χ2v) is 3.89. The van der Waals surface area contributed by atoms with Crippen molar-refractivity contribution in [2.24, 2.45) is 0 Å². The van der Waals surface area contributed by atoms with Crippen LogP contribution in [0.5, 0.6) is 5.75 Å². The van der Waals surface area contributed by atoms with E-state index in [1.165, 1.54) is 11.3 Å². The molecule has 1 aromatic carbocycles. The van der Waals surface area contributed by atoms with Crippen LogP contribution in [0.25, 0.3) is 10.1 Å². The number of nitrogens with two attached hydrogens (primary N) is 1. The fourth-order valence-electron chi connectivity index (χ4n) is 1.11. The van der Waals surface area contributed by atoms with Crippen molar-refractivity contribution in [3.8, 4) is 5.75 Å². The number of anilines is 1. The maximum Gasteiger partial charge on any atom is 0.153 e. The van der Waals surface area contributed by atoms with Gasteiger partial charge in [-0.15, -0.1) is 24.0 Å². The Morgan fingerprint density at radius 1 is 1.50 bits per heavy atom. The van der Waals surface area contributed by atoms with Crippen LogP contribution >= 0.6 is 24.0 Å². The molecule has 2 nitrogen and oxygen atoms in total. The molecule has 0 radical (unpaired) electrons. The second kappa shape index (κ2) is 2.57. The number of hydrogen-bond donors (Lipinski definition) is 3. The molecule has 2 rings (SSSR count). The first-order chi connectivity index (χ1) is 5.70. The molecule has 0 aliphatic heterocycles. The summed E-state index contributed by atoms with van der Waals surface area (Å²) in [7, 11) is 0. The van der Waals surface area contributed by atoms with Crippen LogP contribution in [0.15, 0.2) is 22.4 Å². The minimum absolute atomic E-state index is 0.0771. The lowest BCUT2D eigenvalue weighted by Crippen LogP contribution is -1.86. The smallest absolute Gasteiger partial charge is 0.153 e. The first kappa shape index (κ1) is 7.76. The number of nitrogen functional groups attached to an aromatic ring is 1. The zero-order valence-corrected chi connectivity index (χ0v) is 7.82. The fraction of sp³-hybridized carbons (Fsp3) is 0. The third-order valence-electron chi connectivity index (χ3n) is 1.73. The van der Waals surface area contributed by atoms with Gasteiger partial charge in [-0.1, -0.05) is 0 Å². The van der Waals surface area contributed by atoms with E-state index in [2.05, 4.69) is 12.6 Å². The molecule has 62 valence electrons. The summed E-state index contributed by atoms with van der Waals surface area (Å²) in [4.78, 5) is 0.526. The first-order valence-corrected chi connectivity index (χ1v) is 4.70. The number of phenols is 1. The molecular weight excluding hydrogens is 190 g/mol. The van der Waals surface area contributed by atoms with Gasteiger partial charge in [-0.05, 0) is 22.9 Å². The van der Waals surface area contributed by atoms with Gasteiger partial charge in [0, 0.05) is 4.90 Å². The number of thiophene rings is 1. The lowest BCUT2D eigenvalue weighted by Gasteiger charge is -2.02. The Hall–Kier alpha value is -0.870. The van der Waals surface area contributed by atoms with E-state index in [4.69, 9.17) is 5.73 Å². The summed E-state index contributed by atoms with van der Waals surface area (Å²) < 4.78 is 0.922. The van der Waals surface area contributed by atoms with Crippen molar-refractivity contribution in [1.29, 1.82) is 0 Å². The Balaban J connectivity index is 2.94. The molecule has 0 saturated carbocycles. The van der Waals surface area contributed by atoms with Crippen molar-refractivity contribution in [3.63, 3.8) is 0 Å². The predicted octanol–water partition coefficient (Wildman–Crippen LogP) is 2.48. The molecule has 0 spiro atoms. The van der Waals surface area contributed by atoms with Crippen molar-refractivity contribution >= 4 is 39.7 Å². The number of hydrogen-bond acceptors (Lipinski definition) is 4. The van der Waals surface area contributed by atoms with E-state index in [1.807, 2.05) is 11.4 Å². The van der Waals surface area contributed by atoms with E-state index in [-0.39, 0.29) is 5.75 Å². The average molecular weight is 197 g/mol. The lowest BCUT2D eigenvalue weighted by atomic mass is 10.2. The van der Waals surface area contributed by atoms with Crippen LogP contribution in [-0.2, 0) is 0 Å². The quantitative estimate of drug-likeness (QED) is 0.345. The van der Waals surface area contributed by atoms with Gasteiger partial charge in [0.25, 0.3) is 0 Å². The Morgan fingerprint density at radius 3 is 3.00 bits per heavy atom. The van der Waals surface area contributed by atoms with Gasteiger partial charge in [0.05, 0.1) is 10.4 Å². The largest absolute Gasteiger partial charge is 0.505 e. The van der Waals surface area contributed by atoms with E-state index >= 15 is 0 Å². The summed E-state index contributed by atoms with van der Waals surface area (Å²) in [5, 5.41) is 12.4. The Kier molecular flexibility index (Phi) is 1.66. The topological polar surface area (TPSA) is 46.2 Å². The summed E-state index contributed by atoms with van der Waals surface area (Å²) >= 11 is 5.61. The second-order valence-electron chi connectivity index (χ2n) is 2.50. The van der Waals surface area contributed by atoms with Crippen LogP contribution in [0.1, 0.15) is 0 Å². The van der Waals surface area contributed by atoms with Crippen molar-refractivity contribution in [2.75, 3.05) is 5.73 Å². The standard InChI is InChI=1S/C8H7NOS2/c9-6-7(10)5(11)3-4-1-2-12-8(4)6/h1-3,10-11H,9H2. The maximum absolute atomic E-state index is 9.43. The molecule has 3 N–H and O–H groups in total. The molecule has 0 atom stereocenters. The predicted molar refractivity (Wildman–Crippen MR) is 55.2 cm³/mol. The van der Waals surface area contributed by atoms with Crippen LogP contribution in [-0.4, -0.2) is 5.11 Å². The molecular formula is C8H7NOS2. The summed E-state index contributed by atoms with van der Waals surface area (Å²) in [5.74, 6) is 0.0771. The minimum Gasteiger partial charge on any atom is -0.505 e. The Morgan fingerprint density at radius 2 is 2.25 bits per heavy atom. The highest BCUT2D eigenvalue weighted by atomic mass is 32.1. The van der Waals surface area contributed by atoms with Crippen LogP contribution < -0.4 is 5.73 Å². The van der Waals surface area contributed by atoms with Gasteiger partial charge in [0.15, 0.2) is 5.75 Å². The van der Waals surface area contributed by atoms with E-state index < -0.39 is 0 Å². The fourth-order valence-corrected chi connectivity index (χ4v) is 2.21. The molecule has 0 bridgehead atoms. The summed E-state index contributed by atoms with van der Waals surface area (Å²) in [6.45, 7) is 0. The average Bonchev–Trinajstić information content (AvgIpc) is 2.48. The van der Waals surface area contributed by atoms with Gasteiger partial charge in [-0.25, -0.2) is 0 Å². The molecule has 0 saturated heterocycles. The molecule has 0 unspecified atom stereocenters. The minimum atomic E-state index is 0.0771. The van der Waals surface area contributed by atoms with Gasteiger partial charge < -0.3 is 10.8 Å².